The molecule has 1 aromatic heterocycles. The van der Waals surface area contributed by atoms with Gasteiger partial charge in [0.2, 0.25) is 0 Å². The van der Waals surface area contributed by atoms with Gasteiger partial charge in [-0.25, -0.2) is 4.98 Å². The van der Waals surface area contributed by atoms with Crippen LogP contribution in [0.3, 0.4) is 0 Å². The Kier molecular flexibility index (Phi) is 4.92. The number of anilines is 1. The third kappa shape index (κ3) is 3.60. The molecule has 1 aliphatic rings. The minimum Gasteiger partial charge on any atom is -0.477 e. The number of hydrogen-bond donors (Lipinski definition) is 1. The fourth-order valence-corrected chi connectivity index (χ4v) is 2.57. The molecule has 0 radical (unpaired) electrons. The zero-order valence-electron chi connectivity index (χ0n) is 14.2. The average Bonchev–Trinajstić information content (AvgIpc) is 2.65. The van der Waals surface area contributed by atoms with Crippen molar-refractivity contribution in [3.05, 3.63) is 48.0 Å². The van der Waals surface area contributed by atoms with E-state index in [-0.39, 0.29) is 24.1 Å². The van der Waals surface area contributed by atoms with Crippen molar-refractivity contribution >= 4 is 17.5 Å². The third-order valence-electron chi connectivity index (χ3n) is 3.86. The first kappa shape index (κ1) is 16.9. The SMILES string of the molecule is CCCNC(=O)[C@@H]1CN(C(=O)c2cnc(C)cn2)c2ccccc2O1. The van der Waals surface area contributed by atoms with E-state index in [0.29, 0.717) is 18.0 Å². The van der Waals surface area contributed by atoms with Crippen LogP contribution in [-0.4, -0.2) is 41.0 Å². The highest BCUT2D eigenvalue weighted by atomic mass is 16.5. The van der Waals surface area contributed by atoms with Crippen molar-refractivity contribution in [3.63, 3.8) is 0 Å². The summed E-state index contributed by atoms with van der Waals surface area (Å²) in [6.45, 7) is 4.47. The van der Waals surface area contributed by atoms with Crippen LogP contribution in [0.2, 0.25) is 0 Å². The van der Waals surface area contributed by atoms with Gasteiger partial charge in [0.25, 0.3) is 11.8 Å². The van der Waals surface area contributed by atoms with Gasteiger partial charge >= 0.3 is 0 Å². The molecule has 0 saturated heterocycles. The molecule has 7 heteroatoms. The molecule has 0 bridgehead atoms. The van der Waals surface area contributed by atoms with Crippen molar-refractivity contribution < 1.29 is 14.3 Å². The average molecular weight is 340 g/mol. The Morgan fingerprint density at radius 1 is 1.28 bits per heavy atom. The number of rotatable bonds is 4. The molecule has 2 heterocycles. The van der Waals surface area contributed by atoms with E-state index in [4.69, 9.17) is 4.74 Å². The lowest BCUT2D eigenvalue weighted by Gasteiger charge is -2.33. The summed E-state index contributed by atoms with van der Waals surface area (Å²) in [6.07, 6.45) is 3.06. The maximum Gasteiger partial charge on any atom is 0.278 e. The van der Waals surface area contributed by atoms with Crippen LogP contribution < -0.4 is 15.0 Å². The van der Waals surface area contributed by atoms with Crippen molar-refractivity contribution in [3.8, 4) is 5.75 Å². The van der Waals surface area contributed by atoms with Gasteiger partial charge in [0.05, 0.1) is 24.1 Å². The lowest BCUT2D eigenvalue weighted by molar-refractivity contribution is -0.127. The van der Waals surface area contributed by atoms with Crippen molar-refractivity contribution in [2.24, 2.45) is 0 Å². The number of benzene rings is 1. The van der Waals surface area contributed by atoms with Crippen LogP contribution in [0.5, 0.6) is 5.75 Å². The smallest absolute Gasteiger partial charge is 0.278 e. The van der Waals surface area contributed by atoms with E-state index in [2.05, 4.69) is 15.3 Å². The second-order valence-electron chi connectivity index (χ2n) is 5.82. The van der Waals surface area contributed by atoms with Gasteiger partial charge in [-0.05, 0) is 25.5 Å². The topological polar surface area (TPSA) is 84.4 Å². The molecular weight excluding hydrogens is 320 g/mol. The molecular formula is C18H20N4O3. The Balaban J connectivity index is 1.89. The lowest BCUT2D eigenvalue weighted by atomic mass is 10.1. The summed E-state index contributed by atoms with van der Waals surface area (Å²) in [6, 6.07) is 7.16. The molecule has 25 heavy (non-hydrogen) atoms. The summed E-state index contributed by atoms with van der Waals surface area (Å²) in [5.74, 6) is -0.0421. The highest BCUT2D eigenvalue weighted by molar-refractivity contribution is 6.06. The van der Waals surface area contributed by atoms with Gasteiger partial charge in [0.15, 0.2) is 6.10 Å². The van der Waals surface area contributed by atoms with E-state index >= 15 is 0 Å². The summed E-state index contributed by atoms with van der Waals surface area (Å²) in [4.78, 5) is 35.0. The quantitative estimate of drug-likeness (QED) is 0.916. The molecule has 1 atom stereocenters. The zero-order chi connectivity index (χ0) is 17.8. The molecule has 0 unspecified atom stereocenters. The van der Waals surface area contributed by atoms with Crippen LogP contribution in [0.15, 0.2) is 36.7 Å². The number of aryl methyl sites for hydroxylation is 1. The number of para-hydroxylation sites is 2. The van der Waals surface area contributed by atoms with Gasteiger partial charge in [0.1, 0.15) is 11.4 Å². The zero-order valence-corrected chi connectivity index (χ0v) is 14.2. The standard InChI is InChI=1S/C18H20N4O3/c1-3-8-19-17(23)16-11-22(14-6-4-5-7-15(14)25-16)18(24)13-10-20-12(2)9-21-13/h4-7,9-10,16H,3,8,11H2,1-2H3,(H,19,23)/t16-/m0/s1. The molecule has 0 spiro atoms. The number of carbonyl (C=O) groups is 2. The molecule has 130 valence electrons. The van der Waals surface area contributed by atoms with Gasteiger partial charge < -0.3 is 10.1 Å². The van der Waals surface area contributed by atoms with Crippen molar-refractivity contribution in [1.82, 2.24) is 15.3 Å². The van der Waals surface area contributed by atoms with Crippen molar-refractivity contribution in [2.45, 2.75) is 26.4 Å². The second-order valence-corrected chi connectivity index (χ2v) is 5.82. The van der Waals surface area contributed by atoms with E-state index < -0.39 is 6.10 Å². The first-order valence-electron chi connectivity index (χ1n) is 8.24. The molecule has 1 aliphatic heterocycles. The van der Waals surface area contributed by atoms with Gasteiger partial charge in [0, 0.05) is 12.7 Å². The number of hydrogen-bond acceptors (Lipinski definition) is 5. The van der Waals surface area contributed by atoms with Crippen LogP contribution in [0.25, 0.3) is 0 Å². The summed E-state index contributed by atoms with van der Waals surface area (Å²) in [7, 11) is 0. The molecule has 3 rings (SSSR count). The molecule has 7 nitrogen and oxygen atoms in total. The van der Waals surface area contributed by atoms with Gasteiger partial charge in [-0.1, -0.05) is 19.1 Å². The Hall–Kier alpha value is -2.96. The second kappa shape index (κ2) is 7.29. The number of fused-ring (bicyclic) bond motifs is 1. The fraction of sp³-hybridized carbons (Fsp3) is 0.333. The maximum absolute atomic E-state index is 12.9. The Bertz CT molecular complexity index is 776. The normalized spacial score (nSPS) is 15.9. The first-order chi connectivity index (χ1) is 12.1. The Labute approximate surface area is 146 Å². The molecule has 2 amide bonds. The van der Waals surface area contributed by atoms with Crippen LogP contribution in [-0.2, 0) is 4.79 Å². The van der Waals surface area contributed by atoms with E-state index in [1.165, 1.54) is 11.1 Å². The molecule has 0 fully saturated rings. The van der Waals surface area contributed by atoms with Crippen molar-refractivity contribution in [1.29, 1.82) is 0 Å². The summed E-state index contributed by atoms with van der Waals surface area (Å²) in [5, 5.41) is 2.81. The predicted octanol–water partition coefficient (Wildman–Crippen LogP) is 1.72. The van der Waals surface area contributed by atoms with Gasteiger partial charge in [-0.15, -0.1) is 0 Å². The minimum absolute atomic E-state index is 0.126. The largest absolute Gasteiger partial charge is 0.477 e. The Morgan fingerprint density at radius 3 is 2.80 bits per heavy atom. The monoisotopic (exact) mass is 340 g/mol. The van der Waals surface area contributed by atoms with E-state index in [1.807, 2.05) is 13.0 Å². The maximum atomic E-state index is 12.9. The molecule has 0 saturated carbocycles. The number of nitrogens with zero attached hydrogens (tertiary/aromatic N) is 3. The fourth-order valence-electron chi connectivity index (χ4n) is 2.57. The number of aromatic nitrogens is 2. The summed E-state index contributed by atoms with van der Waals surface area (Å²) in [5.41, 5.74) is 1.58. The highest BCUT2D eigenvalue weighted by Crippen LogP contribution is 2.33. The summed E-state index contributed by atoms with van der Waals surface area (Å²) >= 11 is 0. The predicted molar refractivity (Wildman–Crippen MR) is 92.6 cm³/mol. The summed E-state index contributed by atoms with van der Waals surface area (Å²) < 4.78 is 5.78. The van der Waals surface area contributed by atoms with Crippen molar-refractivity contribution in [2.75, 3.05) is 18.0 Å². The molecule has 1 aromatic carbocycles. The van der Waals surface area contributed by atoms with E-state index in [0.717, 1.165) is 12.1 Å². The minimum atomic E-state index is -0.760. The lowest BCUT2D eigenvalue weighted by Crippen LogP contribution is -2.51. The first-order valence-corrected chi connectivity index (χ1v) is 8.24. The van der Waals surface area contributed by atoms with Crippen LogP contribution in [0.4, 0.5) is 5.69 Å². The molecule has 0 aliphatic carbocycles. The van der Waals surface area contributed by atoms with Crippen LogP contribution in [0.1, 0.15) is 29.5 Å². The van der Waals surface area contributed by atoms with Gasteiger partial charge in [-0.3, -0.25) is 19.5 Å². The Morgan fingerprint density at radius 2 is 2.08 bits per heavy atom. The highest BCUT2D eigenvalue weighted by Gasteiger charge is 2.34. The molecule has 1 N–H and O–H groups in total. The number of ether oxygens (including phenoxy) is 1. The molecule has 2 aromatic rings. The number of amides is 2. The van der Waals surface area contributed by atoms with Crippen LogP contribution in [0, 0.1) is 6.92 Å². The van der Waals surface area contributed by atoms with Gasteiger partial charge in [-0.2, -0.15) is 0 Å². The number of nitrogens with one attached hydrogen (secondary N) is 1. The van der Waals surface area contributed by atoms with Crippen LogP contribution >= 0.6 is 0 Å². The third-order valence-corrected chi connectivity index (χ3v) is 3.86. The van der Waals surface area contributed by atoms with E-state index in [1.54, 1.807) is 31.3 Å². The number of carbonyl (C=O) groups excluding carboxylic acids is 2. The van der Waals surface area contributed by atoms with E-state index in [9.17, 15) is 9.59 Å².